The molecule has 4 heteroatoms. The lowest BCUT2D eigenvalue weighted by atomic mass is 10.1. The molecule has 3 rings (SSSR count). The van der Waals surface area contributed by atoms with Crippen LogP contribution in [0, 0.1) is 0 Å². The largest absolute Gasteiger partial charge is 0.333 e. The highest BCUT2D eigenvalue weighted by molar-refractivity contribution is 5.98. The van der Waals surface area contributed by atoms with Gasteiger partial charge in [0.15, 0.2) is 0 Å². The molecule has 4 nitrogen and oxygen atoms in total. The maximum atomic E-state index is 12.3. The number of hydrogen-bond donors (Lipinski definition) is 1. The summed E-state index contributed by atoms with van der Waals surface area (Å²) in [6, 6.07) is 8.35. The van der Waals surface area contributed by atoms with Crippen LogP contribution in [0.25, 0.3) is 0 Å². The van der Waals surface area contributed by atoms with Gasteiger partial charge in [-0.1, -0.05) is 18.2 Å². The van der Waals surface area contributed by atoms with E-state index in [1.54, 1.807) is 0 Å². The first-order valence-corrected chi connectivity index (χ1v) is 6.54. The molecule has 1 fully saturated rings. The highest BCUT2D eigenvalue weighted by Gasteiger charge is 2.30. The number of hydrogen-bond acceptors (Lipinski definition) is 3. The molecule has 1 amide bonds. The molecule has 2 heterocycles. The number of rotatable bonds is 2. The van der Waals surface area contributed by atoms with Gasteiger partial charge in [-0.15, -0.1) is 0 Å². The van der Waals surface area contributed by atoms with Crippen molar-refractivity contribution < 1.29 is 4.79 Å². The number of amides is 1. The van der Waals surface area contributed by atoms with Crippen molar-refractivity contribution in [1.29, 1.82) is 0 Å². The van der Waals surface area contributed by atoms with Crippen molar-refractivity contribution >= 4 is 5.91 Å². The summed E-state index contributed by atoms with van der Waals surface area (Å²) in [5.74, 6) is 0.185. The fourth-order valence-corrected chi connectivity index (χ4v) is 2.78. The summed E-state index contributed by atoms with van der Waals surface area (Å²) in [6.07, 6.45) is 0. The Hall–Kier alpha value is -1.39. The molecule has 1 saturated heterocycles. The standard InChI is InChI=1S/C14H19N3O/c1-16-7-6-15-8-12(16)10-17-9-11-4-2-3-5-13(11)14(17)18/h2-5,12,15H,6-10H2,1H3. The quantitative estimate of drug-likeness (QED) is 0.826. The van der Waals surface area contributed by atoms with E-state index in [0.717, 1.165) is 43.9 Å². The summed E-state index contributed by atoms with van der Waals surface area (Å²) in [4.78, 5) is 16.6. The molecule has 1 N–H and O–H groups in total. The number of likely N-dealkylation sites (N-methyl/N-ethyl adjacent to an activating group) is 1. The lowest BCUT2D eigenvalue weighted by Gasteiger charge is -2.35. The molecule has 0 aromatic heterocycles. The molecule has 1 aromatic carbocycles. The van der Waals surface area contributed by atoms with E-state index in [-0.39, 0.29) is 5.91 Å². The Morgan fingerprint density at radius 3 is 3.00 bits per heavy atom. The van der Waals surface area contributed by atoms with Gasteiger partial charge in [0.2, 0.25) is 0 Å². The number of nitrogens with one attached hydrogen (secondary N) is 1. The van der Waals surface area contributed by atoms with Crippen LogP contribution in [-0.4, -0.2) is 55.0 Å². The Labute approximate surface area is 108 Å². The van der Waals surface area contributed by atoms with E-state index in [4.69, 9.17) is 0 Å². The second-order valence-corrected chi connectivity index (χ2v) is 5.18. The number of nitrogens with zero attached hydrogens (tertiary/aromatic N) is 2. The average molecular weight is 245 g/mol. The molecule has 2 aliphatic heterocycles. The van der Waals surface area contributed by atoms with Crippen molar-refractivity contribution in [1.82, 2.24) is 15.1 Å². The van der Waals surface area contributed by atoms with Gasteiger partial charge in [0, 0.05) is 44.3 Å². The maximum absolute atomic E-state index is 12.3. The maximum Gasteiger partial charge on any atom is 0.254 e. The highest BCUT2D eigenvalue weighted by atomic mass is 16.2. The predicted molar refractivity (Wildman–Crippen MR) is 70.5 cm³/mol. The van der Waals surface area contributed by atoms with Gasteiger partial charge in [-0.3, -0.25) is 9.69 Å². The van der Waals surface area contributed by atoms with Gasteiger partial charge in [-0.05, 0) is 18.7 Å². The molecule has 1 unspecified atom stereocenters. The third-order valence-electron chi connectivity index (χ3n) is 3.97. The Bertz CT molecular complexity index is 460. The van der Waals surface area contributed by atoms with Gasteiger partial charge in [0.25, 0.3) is 5.91 Å². The van der Waals surface area contributed by atoms with Gasteiger partial charge in [0.1, 0.15) is 0 Å². The number of carbonyl (C=O) groups excluding carboxylic acids is 1. The van der Waals surface area contributed by atoms with Crippen LogP contribution in [0.3, 0.4) is 0 Å². The molecule has 0 saturated carbocycles. The van der Waals surface area contributed by atoms with Crippen molar-refractivity contribution in [2.75, 3.05) is 33.2 Å². The fourth-order valence-electron chi connectivity index (χ4n) is 2.78. The van der Waals surface area contributed by atoms with Gasteiger partial charge >= 0.3 is 0 Å². The van der Waals surface area contributed by atoms with E-state index in [0.29, 0.717) is 6.04 Å². The van der Waals surface area contributed by atoms with Gasteiger partial charge < -0.3 is 10.2 Å². The molecule has 0 aliphatic carbocycles. The normalized spacial score (nSPS) is 24.4. The summed E-state index contributed by atoms with van der Waals surface area (Å²) in [5.41, 5.74) is 2.04. The molecular weight excluding hydrogens is 226 g/mol. The van der Waals surface area contributed by atoms with E-state index in [1.165, 1.54) is 0 Å². The Morgan fingerprint density at radius 1 is 1.39 bits per heavy atom. The SMILES string of the molecule is CN1CCNCC1CN1Cc2ccccc2C1=O. The van der Waals surface area contributed by atoms with Gasteiger partial charge in [-0.2, -0.15) is 0 Å². The minimum Gasteiger partial charge on any atom is -0.333 e. The van der Waals surface area contributed by atoms with E-state index >= 15 is 0 Å². The lowest BCUT2D eigenvalue weighted by Crippen LogP contribution is -2.54. The predicted octanol–water partition coefficient (Wildman–Crippen LogP) is 0.546. The molecule has 1 aromatic rings. The summed E-state index contributed by atoms with van der Waals surface area (Å²) in [6.45, 7) is 4.65. The first-order valence-electron chi connectivity index (χ1n) is 6.54. The van der Waals surface area contributed by atoms with E-state index in [9.17, 15) is 4.79 Å². The van der Waals surface area contributed by atoms with E-state index in [2.05, 4.69) is 23.3 Å². The van der Waals surface area contributed by atoms with Crippen LogP contribution in [0.5, 0.6) is 0 Å². The monoisotopic (exact) mass is 245 g/mol. The smallest absolute Gasteiger partial charge is 0.254 e. The second-order valence-electron chi connectivity index (χ2n) is 5.18. The topological polar surface area (TPSA) is 35.6 Å². The van der Waals surface area contributed by atoms with Crippen molar-refractivity contribution in [3.8, 4) is 0 Å². The number of piperazine rings is 1. The molecule has 1 atom stereocenters. The zero-order valence-corrected chi connectivity index (χ0v) is 10.7. The van der Waals surface area contributed by atoms with Crippen LogP contribution in [0.4, 0.5) is 0 Å². The number of fused-ring (bicyclic) bond motifs is 1. The summed E-state index contributed by atoms with van der Waals surface area (Å²) in [5, 5.41) is 3.40. The third-order valence-corrected chi connectivity index (χ3v) is 3.97. The molecule has 96 valence electrons. The zero-order valence-electron chi connectivity index (χ0n) is 10.7. The summed E-state index contributed by atoms with van der Waals surface area (Å²) < 4.78 is 0. The molecular formula is C14H19N3O. The molecule has 0 bridgehead atoms. The summed E-state index contributed by atoms with van der Waals surface area (Å²) >= 11 is 0. The van der Waals surface area contributed by atoms with Crippen LogP contribution in [0.15, 0.2) is 24.3 Å². The molecule has 0 spiro atoms. The Morgan fingerprint density at radius 2 is 2.22 bits per heavy atom. The van der Waals surface area contributed by atoms with E-state index < -0.39 is 0 Å². The van der Waals surface area contributed by atoms with Crippen molar-refractivity contribution in [3.05, 3.63) is 35.4 Å². The fraction of sp³-hybridized carbons (Fsp3) is 0.500. The van der Waals surface area contributed by atoms with Crippen molar-refractivity contribution in [2.24, 2.45) is 0 Å². The average Bonchev–Trinajstić information content (AvgIpc) is 2.70. The third kappa shape index (κ3) is 2.02. The zero-order chi connectivity index (χ0) is 12.5. The van der Waals surface area contributed by atoms with Gasteiger partial charge in [-0.25, -0.2) is 0 Å². The van der Waals surface area contributed by atoms with Crippen LogP contribution in [0.1, 0.15) is 15.9 Å². The number of benzene rings is 1. The highest BCUT2D eigenvalue weighted by Crippen LogP contribution is 2.22. The van der Waals surface area contributed by atoms with Crippen molar-refractivity contribution in [3.63, 3.8) is 0 Å². The molecule has 0 radical (unpaired) electrons. The minimum atomic E-state index is 0.185. The molecule has 18 heavy (non-hydrogen) atoms. The van der Waals surface area contributed by atoms with Crippen molar-refractivity contribution in [2.45, 2.75) is 12.6 Å². The number of carbonyl (C=O) groups is 1. The lowest BCUT2D eigenvalue weighted by molar-refractivity contribution is 0.0701. The first kappa shape index (κ1) is 11.7. The van der Waals surface area contributed by atoms with Crippen LogP contribution in [-0.2, 0) is 6.54 Å². The first-order chi connectivity index (χ1) is 8.75. The van der Waals surface area contributed by atoms with Crippen LogP contribution >= 0.6 is 0 Å². The Balaban J connectivity index is 1.71. The summed E-state index contributed by atoms with van der Waals surface area (Å²) in [7, 11) is 2.14. The second kappa shape index (κ2) is 4.71. The Kier molecular flexibility index (Phi) is 3.06. The van der Waals surface area contributed by atoms with Gasteiger partial charge in [0.05, 0.1) is 0 Å². The van der Waals surface area contributed by atoms with Crippen LogP contribution < -0.4 is 5.32 Å². The molecule has 2 aliphatic rings. The van der Waals surface area contributed by atoms with Crippen LogP contribution in [0.2, 0.25) is 0 Å². The van der Waals surface area contributed by atoms with E-state index in [1.807, 2.05) is 23.1 Å². The minimum absolute atomic E-state index is 0.185.